The first-order valence-electron chi connectivity index (χ1n) is 8.44. The van der Waals surface area contributed by atoms with Gasteiger partial charge in [-0.05, 0) is 18.6 Å². The van der Waals surface area contributed by atoms with E-state index in [9.17, 15) is 9.59 Å². The van der Waals surface area contributed by atoms with E-state index in [4.69, 9.17) is 4.74 Å². The molecule has 2 amide bonds. The lowest BCUT2D eigenvalue weighted by atomic mass is 10.0. The molecule has 3 aliphatic rings. The van der Waals surface area contributed by atoms with E-state index in [1.807, 2.05) is 24.1 Å². The van der Waals surface area contributed by atoms with E-state index >= 15 is 0 Å². The molecule has 128 valence electrons. The van der Waals surface area contributed by atoms with Gasteiger partial charge in [0.2, 0.25) is 11.8 Å². The van der Waals surface area contributed by atoms with Crippen LogP contribution < -0.4 is 25.2 Å². The number of benzene rings is 1. The summed E-state index contributed by atoms with van der Waals surface area (Å²) in [5.41, 5.74) is 2.05. The van der Waals surface area contributed by atoms with Crippen LogP contribution in [0.15, 0.2) is 18.2 Å². The van der Waals surface area contributed by atoms with Crippen molar-refractivity contribution in [1.82, 2.24) is 10.6 Å². The first-order chi connectivity index (χ1) is 11.6. The summed E-state index contributed by atoms with van der Waals surface area (Å²) >= 11 is 0. The minimum atomic E-state index is -0.323. The van der Waals surface area contributed by atoms with Crippen LogP contribution in [-0.4, -0.2) is 57.2 Å². The average molecular weight is 330 g/mol. The molecule has 2 fully saturated rings. The first-order valence-corrected chi connectivity index (χ1v) is 8.44. The molecule has 3 heterocycles. The quantitative estimate of drug-likeness (QED) is 0.749. The Morgan fingerprint density at radius 1 is 1.33 bits per heavy atom. The molecule has 0 aromatic heterocycles. The zero-order valence-corrected chi connectivity index (χ0v) is 13.7. The number of rotatable bonds is 2. The molecule has 1 aromatic rings. The highest BCUT2D eigenvalue weighted by Gasteiger charge is 2.32. The zero-order valence-electron chi connectivity index (χ0n) is 13.7. The van der Waals surface area contributed by atoms with Gasteiger partial charge in [-0.15, -0.1) is 0 Å². The van der Waals surface area contributed by atoms with Crippen LogP contribution in [0.4, 0.5) is 11.4 Å². The highest BCUT2D eigenvalue weighted by Crippen LogP contribution is 2.37. The van der Waals surface area contributed by atoms with Crippen molar-refractivity contribution >= 4 is 23.2 Å². The highest BCUT2D eigenvalue weighted by molar-refractivity contribution is 6.01. The molecule has 2 N–H and O–H groups in total. The van der Waals surface area contributed by atoms with Crippen molar-refractivity contribution in [3.63, 3.8) is 0 Å². The van der Waals surface area contributed by atoms with E-state index in [1.54, 1.807) is 0 Å². The molecule has 1 unspecified atom stereocenters. The van der Waals surface area contributed by atoms with Gasteiger partial charge >= 0.3 is 0 Å². The van der Waals surface area contributed by atoms with Gasteiger partial charge in [-0.25, -0.2) is 0 Å². The second kappa shape index (κ2) is 5.98. The number of hydrogen-bond donors (Lipinski definition) is 2. The van der Waals surface area contributed by atoms with E-state index in [0.29, 0.717) is 25.5 Å². The van der Waals surface area contributed by atoms with Crippen LogP contribution in [0.3, 0.4) is 0 Å². The summed E-state index contributed by atoms with van der Waals surface area (Å²) in [6, 6.07) is 6.15. The van der Waals surface area contributed by atoms with E-state index in [1.165, 1.54) is 0 Å². The molecule has 2 atom stereocenters. The van der Waals surface area contributed by atoms with Crippen LogP contribution in [-0.2, 0) is 9.59 Å². The molecular formula is C17H22N4O3. The molecule has 7 nitrogen and oxygen atoms in total. The van der Waals surface area contributed by atoms with Crippen LogP contribution in [0.2, 0.25) is 0 Å². The lowest BCUT2D eigenvalue weighted by Crippen LogP contribution is -2.55. The monoisotopic (exact) mass is 330 g/mol. The number of imide groups is 1. The van der Waals surface area contributed by atoms with Gasteiger partial charge < -0.3 is 19.9 Å². The van der Waals surface area contributed by atoms with Gasteiger partial charge in [0.05, 0.1) is 11.7 Å². The molecule has 0 radical (unpaired) electrons. The number of carbonyl (C=O) groups is 2. The summed E-state index contributed by atoms with van der Waals surface area (Å²) < 4.78 is 5.95. The van der Waals surface area contributed by atoms with Crippen LogP contribution >= 0.6 is 0 Å². The Balaban J connectivity index is 1.57. The average Bonchev–Trinajstić information content (AvgIpc) is 2.60. The topological polar surface area (TPSA) is 73.9 Å². The summed E-state index contributed by atoms with van der Waals surface area (Å²) in [4.78, 5) is 27.7. The number of amides is 2. The fourth-order valence-corrected chi connectivity index (χ4v) is 3.72. The lowest BCUT2D eigenvalue weighted by molar-refractivity contribution is -0.134. The molecular weight excluding hydrogens is 308 g/mol. The SMILES string of the molecule is CN(c1ccc2c(c1)OC[C@H]1CNCCN21)C1CCC(=O)NC1=O. The van der Waals surface area contributed by atoms with Gasteiger partial charge in [-0.2, -0.15) is 0 Å². The second-order valence-corrected chi connectivity index (χ2v) is 6.59. The summed E-state index contributed by atoms with van der Waals surface area (Å²) in [6.45, 7) is 3.57. The third kappa shape index (κ3) is 2.58. The normalized spacial score (nSPS) is 26.1. The fraction of sp³-hybridized carbons (Fsp3) is 0.529. The molecule has 3 aliphatic heterocycles. The van der Waals surface area contributed by atoms with Gasteiger partial charge in [0.15, 0.2) is 0 Å². The van der Waals surface area contributed by atoms with Gasteiger partial charge in [-0.1, -0.05) is 0 Å². The van der Waals surface area contributed by atoms with Crippen LogP contribution in [0.5, 0.6) is 5.75 Å². The largest absolute Gasteiger partial charge is 0.489 e. The number of fused-ring (bicyclic) bond motifs is 3. The molecule has 2 saturated heterocycles. The minimum Gasteiger partial charge on any atom is -0.489 e. The number of carbonyl (C=O) groups excluding carboxylic acids is 2. The summed E-state index contributed by atoms with van der Waals surface area (Å²) in [7, 11) is 1.89. The molecule has 1 aromatic carbocycles. The molecule has 24 heavy (non-hydrogen) atoms. The Morgan fingerprint density at radius 2 is 2.21 bits per heavy atom. The van der Waals surface area contributed by atoms with E-state index < -0.39 is 0 Å². The Labute approximate surface area is 140 Å². The number of nitrogens with one attached hydrogen (secondary N) is 2. The van der Waals surface area contributed by atoms with Crippen molar-refractivity contribution in [1.29, 1.82) is 0 Å². The Morgan fingerprint density at radius 3 is 3.04 bits per heavy atom. The molecule has 0 spiro atoms. The van der Waals surface area contributed by atoms with Gasteiger partial charge in [0, 0.05) is 44.9 Å². The maximum absolute atomic E-state index is 12.1. The first kappa shape index (κ1) is 15.3. The molecule has 0 bridgehead atoms. The van der Waals surface area contributed by atoms with Crippen LogP contribution in [0.25, 0.3) is 0 Å². The number of ether oxygens (including phenoxy) is 1. The molecule has 4 rings (SSSR count). The van der Waals surface area contributed by atoms with Crippen molar-refractivity contribution in [3.8, 4) is 5.75 Å². The van der Waals surface area contributed by atoms with E-state index in [-0.39, 0.29) is 17.9 Å². The van der Waals surface area contributed by atoms with Crippen LogP contribution in [0, 0.1) is 0 Å². The predicted molar refractivity (Wildman–Crippen MR) is 90.5 cm³/mol. The Kier molecular flexibility index (Phi) is 3.80. The van der Waals surface area contributed by atoms with Crippen molar-refractivity contribution in [2.24, 2.45) is 0 Å². The van der Waals surface area contributed by atoms with E-state index in [0.717, 1.165) is 36.8 Å². The molecule has 0 aliphatic carbocycles. The fourth-order valence-electron chi connectivity index (χ4n) is 3.72. The number of piperidine rings is 1. The number of likely N-dealkylation sites (N-methyl/N-ethyl adjacent to an activating group) is 1. The number of anilines is 2. The number of piperazine rings is 1. The van der Waals surface area contributed by atoms with Crippen LogP contribution in [0.1, 0.15) is 12.8 Å². The zero-order chi connectivity index (χ0) is 16.7. The van der Waals surface area contributed by atoms with E-state index in [2.05, 4.69) is 21.6 Å². The number of nitrogens with zero attached hydrogens (tertiary/aromatic N) is 2. The smallest absolute Gasteiger partial charge is 0.249 e. The molecule has 0 saturated carbocycles. The maximum atomic E-state index is 12.1. The second-order valence-electron chi connectivity index (χ2n) is 6.59. The van der Waals surface area contributed by atoms with Gasteiger partial charge in [0.1, 0.15) is 18.4 Å². The van der Waals surface area contributed by atoms with Crippen molar-refractivity contribution in [3.05, 3.63) is 18.2 Å². The third-order valence-corrected chi connectivity index (χ3v) is 5.12. The van der Waals surface area contributed by atoms with Crippen molar-refractivity contribution in [2.45, 2.75) is 24.9 Å². The molecule has 7 heteroatoms. The van der Waals surface area contributed by atoms with Crippen molar-refractivity contribution in [2.75, 3.05) is 43.1 Å². The number of hydrogen-bond acceptors (Lipinski definition) is 6. The van der Waals surface area contributed by atoms with Gasteiger partial charge in [0.25, 0.3) is 0 Å². The Hall–Kier alpha value is -2.28. The third-order valence-electron chi connectivity index (χ3n) is 5.12. The summed E-state index contributed by atoms with van der Waals surface area (Å²) in [6.07, 6.45) is 0.920. The standard InChI is InChI=1S/C17H22N4O3/c1-20(14-4-5-16(22)19-17(14)23)11-2-3-13-15(8-11)24-10-12-9-18-6-7-21(12)13/h2-3,8,12,14,18H,4-7,9-10H2,1H3,(H,19,22,23)/t12-,14?/m1/s1. The Bertz CT molecular complexity index is 678. The highest BCUT2D eigenvalue weighted by atomic mass is 16.5. The maximum Gasteiger partial charge on any atom is 0.249 e. The summed E-state index contributed by atoms with van der Waals surface area (Å²) in [5.74, 6) is 0.447. The predicted octanol–water partition coefficient (Wildman–Crippen LogP) is 0.0986. The summed E-state index contributed by atoms with van der Waals surface area (Å²) in [5, 5.41) is 5.81. The minimum absolute atomic E-state index is 0.192. The lowest BCUT2D eigenvalue weighted by Gasteiger charge is -2.42. The van der Waals surface area contributed by atoms with Crippen molar-refractivity contribution < 1.29 is 14.3 Å². The van der Waals surface area contributed by atoms with Gasteiger partial charge in [-0.3, -0.25) is 14.9 Å².